The zero-order valence-corrected chi connectivity index (χ0v) is 11.3. The molecule has 5 heteroatoms. The number of aliphatic hydroxyl groups excluding tert-OH is 1. The van der Waals surface area contributed by atoms with E-state index >= 15 is 0 Å². The van der Waals surface area contributed by atoms with Gasteiger partial charge in [-0.1, -0.05) is 11.8 Å². The largest absolute Gasteiger partial charge is 0.389 e. The molecular formula is C13H15FN2OS. The molecule has 2 rings (SSSR count). The lowest BCUT2D eigenvalue weighted by Gasteiger charge is -2.12. The molecule has 1 N–H and O–H groups in total. The van der Waals surface area contributed by atoms with Gasteiger partial charge in [0, 0.05) is 18.1 Å². The molecule has 0 bridgehead atoms. The lowest BCUT2D eigenvalue weighted by Crippen LogP contribution is -1.97. The molecule has 0 aliphatic rings. The van der Waals surface area contributed by atoms with E-state index in [1.165, 1.54) is 17.8 Å². The maximum Gasteiger partial charge on any atom is 0.126 e. The molecule has 18 heavy (non-hydrogen) atoms. The topological polar surface area (TPSA) is 38.0 Å². The van der Waals surface area contributed by atoms with E-state index in [9.17, 15) is 9.50 Å². The summed E-state index contributed by atoms with van der Waals surface area (Å²) < 4.78 is 15.2. The van der Waals surface area contributed by atoms with Crippen molar-refractivity contribution < 1.29 is 9.50 Å². The first-order valence-corrected chi connectivity index (χ1v) is 6.43. The van der Waals surface area contributed by atoms with Gasteiger partial charge in [-0.2, -0.15) is 5.10 Å². The third-order valence-electron chi connectivity index (χ3n) is 2.65. The van der Waals surface area contributed by atoms with Crippen molar-refractivity contribution in [2.24, 2.45) is 7.05 Å². The van der Waals surface area contributed by atoms with Gasteiger partial charge >= 0.3 is 0 Å². The Bertz CT molecular complexity index is 566. The molecule has 1 aromatic heterocycles. The molecule has 0 fully saturated rings. The number of hydrogen-bond donors (Lipinski definition) is 1. The van der Waals surface area contributed by atoms with E-state index in [1.807, 2.05) is 13.2 Å². The highest BCUT2D eigenvalue weighted by Crippen LogP contribution is 2.34. The van der Waals surface area contributed by atoms with Crippen LogP contribution in [0.3, 0.4) is 0 Å². The third-order valence-corrected chi connectivity index (χ3v) is 3.67. The SMILES string of the molecule is Cc1cc(Sc2cnn(C)c2)c(C(C)O)cc1F. The molecule has 2 aromatic rings. The van der Waals surface area contributed by atoms with Gasteiger partial charge in [-0.05, 0) is 37.1 Å². The molecule has 0 saturated heterocycles. The number of benzene rings is 1. The molecule has 96 valence electrons. The summed E-state index contributed by atoms with van der Waals surface area (Å²) in [5.74, 6) is -0.290. The highest BCUT2D eigenvalue weighted by Gasteiger charge is 2.13. The van der Waals surface area contributed by atoms with Crippen molar-refractivity contribution in [1.29, 1.82) is 0 Å². The summed E-state index contributed by atoms with van der Waals surface area (Å²) >= 11 is 1.48. The van der Waals surface area contributed by atoms with Gasteiger partial charge in [0.05, 0.1) is 17.2 Å². The van der Waals surface area contributed by atoms with Gasteiger partial charge < -0.3 is 5.11 Å². The minimum absolute atomic E-state index is 0.290. The van der Waals surface area contributed by atoms with Crippen LogP contribution >= 0.6 is 11.8 Å². The van der Waals surface area contributed by atoms with Crippen LogP contribution in [0.15, 0.2) is 34.3 Å². The highest BCUT2D eigenvalue weighted by molar-refractivity contribution is 7.99. The number of nitrogens with zero attached hydrogens (tertiary/aromatic N) is 2. The van der Waals surface area contributed by atoms with Gasteiger partial charge in [0.25, 0.3) is 0 Å². The molecule has 1 unspecified atom stereocenters. The summed E-state index contributed by atoms with van der Waals surface area (Å²) in [6.07, 6.45) is 2.93. The van der Waals surface area contributed by atoms with Crippen LogP contribution in [-0.2, 0) is 7.05 Å². The van der Waals surface area contributed by atoms with Crippen molar-refractivity contribution in [2.75, 3.05) is 0 Å². The minimum atomic E-state index is -0.695. The molecule has 0 radical (unpaired) electrons. The van der Waals surface area contributed by atoms with Crippen LogP contribution in [0, 0.1) is 12.7 Å². The first-order chi connectivity index (χ1) is 8.47. The van der Waals surface area contributed by atoms with Crippen LogP contribution in [0.25, 0.3) is 0 Å². The number of rotatable bonds is 3. The molecule has 0 saturated carbocycles. The van der Waals surface area contributed by atoms with E-state index < -0.39 is 6.10 Å². The van der Waals surface area contributed by atoms with Gasteiger partial charge in [-0.15, -0.1) is 0 Å². The summed E-state index contributed by atoms with van der Waals surface area (Å²) in [5, 5.41) is 13.8. The number of halogens is 1. The van der Waals surface area contributed by atoms with Gasteiger partial charge in [-0.25, -0.2) is 4.39 Å². The van der Waals surface area contributed by atoms with Crippen LogP contribution in [0.2, 0.25) is 0 Å². The van der Waals surface area contributed by atoms with E-state index in [1.54, 1.807) is 30.8 Å². The summed E-state index contributed by atoms with van der Waals surface area (Å²) in [7, 11) is 1.84. The van der Waals surface area contributed by atoms with E-state index in [4.69, 9.17) is 0 Å². The Morgan fingerprint density at radius 1 is 1.44 bits per heavy atom. The van der Waals surface area contributed by atoms with E-state index in [2.05, 4.69) is 5.10 Å². The number of aliphatic hydroxyl groups is 1. The fourth-order valence-electron chi connectivity index (χ4n) is 1.66. The molecule has 1 heterocycles. The lowest BCUT2D eigenvalue weighted by molar-refractivity contribution is 0.196. The zero-order chi connectivity index (χ0) is 13.3. The summed E-state index contributed by atoms with van der Waals surface area (Å²) in [5.41, 5.74) is 1.18. The Labute approximate surface area is 110 Å². The Morgan fingerprint density at radius 3 is 2.72 bits per heavy atom. The van der Waals surface area contributed by atoms with E-state index in [-0.39, 0.29) is 5.82 Å². The highest BCUT2D eigenvalue weighted by atomic mass is 32.2. The molecular weight excluding hydrogens is 251 g/mol. The fraction of sp³-hybridized carbons (Fsp3) is 0.308. The van der Waals surface area contributed by atoms with Crippen molar-refractivity contribution in [3.05, 3.63) is 41.5 Å². The molecule has 0 aliphatic heterocycles. The van der Waals surface area contributed by atoms with Crippen molar-refractivity contribution in [3.8, 4) is 0 Å². The van der Waals surface area contributed by atoms with Crippen molar-refractivity contribution in [2.45, 2.75) is 29.7 Å². The quantitative estimate of drug-likeness (QED) is 0.927. The maximum atomic E-state index is 13.5. The van der Waals surface area contributed by atoms with Crippen molar-refractivity contribution >= 4 is 11.8 Å². The van der Waals surface area contributed by atoms with Crippen LogP contribution in [0.1, 0.15) is 24.2 Å². The molecule has 1 atom stereocenters. The minimum Gasteiger partial charge on any atom is -0.389 e. The monoisotopic (exact) mass is 266 g/mol. The first kappa shape index (κ1) is 13.1. The average Bonchev–Trinajstić information content (AvgIpc) is 2.68. The third kappa shape index (κ3) is 2.73. The average molecular weight is 266 g/mol. The van der Waals surface area contributed by atoms with Crippen molar-refractivity contribution in [3.63, 3.8) is 0 Å². The summed E-state index contributed by atoms with van der Waals surface area (Å²) in [6.45, 7) is 3.35. The zero-order valence-electron chi connectivity index (χ0n) is 10.5. The fourth-order valence-corrected chi connectivity index (χ4v) is 2.81. The molecule has 0 amide bonds. The Hall–Kier alpha value is -1.33. The second-order valence-electron chi connectivity index (χ2n) is 4.27. The van der Waals surface area contributed by atoms with Gasteiger partial charge in [0.15, 0.2) is 0 Å². The van der Waals surface area contributed by atoms with E-state index in [0.29, 0.717) is 11.1 Å². The smallest absolute Gasteiger partial charge is 0.126 e. The van der Waals surface area contributed by atoms with E-state index in [0.717, 1.165) is 9.79 Å². The van der Waals surface area contributed by atoms with Crippen LogP contribution in [0.4, 0.5) is 4.39 Å². The van der Waals surface area contributed by atoms with Gasteiger partial charge in [0.2, 0.25) is 0 Å². The van der Waals surface area contributed by atoms with Gasteiger partial charge in [0.1, 0.15) is 5.82 Å². The number of aryl methyl sites for hydroxylation is 2. The standard InChI is InChI=1S/C13H15FN2OS/c1-8-4-13(11(9(2)17)5-12(8)14)18-10-6-15-16(3)7-10/h4-7,9,17H,1-3H3. The molecule has 1 aromatic carbocycles. The summed E-state index contributed by atoms with van der Waals surface area (Å²) in [4.78, 5) is 1.82. The predicted molar refractivity (Wildman–Crippen MR) is 69.1 cm³/mol. The predicted octanol–water partition coefficient (Wildman–Crippen LogP) is 3.07. The molecule has 3 nitrogen and oxygen atoms in total. The maximum absolute atomic E-state index is 13.5. The molecule has 0 aliphatic carbocycles. The van der Waals surface area contributed by atoms with Crippen molar-refractivity contribution in [1.82, 2.24) is 9.78 Å². The van der Waals surface area contributed by atoms with Crippen LogP contribution < -0.4 is 0 Å². The first-order valence-electron chi connectivity index (χ1n) is 5.62. The summed E-state index contributed by atoms with van der Waals surface area (Å²) in [6, 6.07) is 3.16. The van der Waals surface area contributed by atoms with Crippen LogP contribution in [-0.4, -0.2) is 14.9 Å². The van der Waals surface area contributed by atoms with Gasteiger partial charge in [-0.3, -0.25) is 4.68 Å². The second-order valence-corrected chi connectivity index (χ2v) is 5.38. The lowest BCUT2D eigenvalue weighted by atomic mass is 10.1. The second kappa shape index (κ2) is 5.12. The molecule has 0 spiro atoms. The number of hydrogen-bond acceptors (Lipinski definition) is 3. The number of aromatic nitrogens is 2. The Morgan fingerprint density at radius 2 is 2.17 bits per heavy atom. The Kier molecular flexibility index (Phi) is 3.73. The Balaban J connectivity index is 2.39. The van der Waals surface area contributed by atoms with Crippen LogP contribution in [0.5, 0.6) is 0 Å². The normalized spacial score (nSPS) is 12.7.